The molecule has 0 aromatic carbocycles. The van der Waals surface area contributed by atoms with Crippen molar-refractivity contribution in [2.24, 2.45) is 12.1 Å². The van der Waals surface area contributed by atoms with Crippen molar-refractivity contribution >= 4 is 12.5 Å². The topological polar surface area (TPSA) is 59.2 Å². The van der Waals surface area contributed by atoms with E-state index in [-0.39, 0.29) is 0 Å². The Morgan fingerprint density at radius 1 is 1.45 bits per heavy atom. The molecule has 2 heterocycles. The maximum Gasteiger partial charge on any atom is 0.170 e. The van der Waals surface area contributed by atoms with Crippen LogP contribution in [0.15, 0.2) is 23.7 Å². The molecule has 0 aliphatic carbocycles. The molecule has 2 aromatic heterocycles. The molecule has 6 heteroatoms. The Bertz CT molecular complexity index is 603. The summed E-state index contributed by atoms with van der Waals surface area (Å²) in [4.78, 5) is 9.25. The SMILES string of the molecule is C=NN(C)c1ncc(-c2cnn(C)c2)nc1C(C)CC. The molecule has 0 fully saturated rings. The molecule has 106 valence electrons. The standard InChI is InChI=1S/C14H20N6/c1-6-10(2)13-14(20(5)15-3)16-8-12(18-13)11-7-17-19(4)9-11/h7-10H,3,6H2,1-2,4-5H3. The number of aryl methyl sites for hydroxylation is 1. The molecule has 1 atom stereocenters. The predicted octanol–water partition coefficient (Wildman–Crippen LogP) is 2.44. The first kappa shape index (κ1) is 14.2. The molecule has 2 aromatic rings. The zero-order chi connectivity index (χ0) is 14.7. The summed E-state index contributed by atoms with van der Waals surface area (Å²) in [6.45, 7) is 7.81. The van der Waals surface area contributed by atoms with Gasteiger partial charge < -0.3 is 0 Å². The molecule has 0 N–H and O–H groups in total. The highest BCUT2D eigenvalue weighted by Crippen LogP contribution is 2.28. The second-order valence-electron chi connectivity index (χ2n) is 4.84. The van der Waals surface area contributed by atoms with E-state index in [2.05, 4.69) is 35.7 Å². The monoisotopic (exact) mass is 272 g/mol. The van der Waals surface area contributed by atoms with Crippen molar-refractivity contribution in [3.63, 3.8) is 0 Å². The maximum absolute atomic E-state index is 4.75. The molecule has 0 radical (unpaired) electrons. The first-order chi connectivity index (χ1) is 9.56. The molecule has 2 rings (SSSR count). The van der Waals surface area contributed by atoms with E-state index in [4.69, 9.17) is 4.98 Å². The van der Waals surface area contributed by atoms with E-state index >= 15 is 0 Å². The van der Waals surface area contributed by atoms with E-state index in [9.17, 15) is 0 Å². The maximum atomic E-state index is 4.75. The van der Waals surface area contributed by atoms with Gasteiger partial charge in [0, 0.05) is 38.5 Å². The van der Waals surface area contributed by atoms with Gasteiger partial charge in [-0.3, -0.25) is 9.69 Å². The second kappa shape index (κ2) is 5.81. The Balaban J connectivity index is 2.50. The van der Waals surface area contributed by atoms with E-state index in [1.54, 1.807) is 22.1 Å². The van der Waals surface area contributed by atoms with Gasteiger partial charge in [0.25, 0.3) is 0 Å². The number of rotatable bonds is 5. The average molecular weight is 272 g/mol. The van der Waals surface area contributed by atoms with Gasteiger partial charge in [0.2, 0.25) is 0 Å². The molecule has 0 aliphatic heterocycles. The lowest BCUT2D eigenvalue weighted by Crippen LogP contribution is -2.15. The van der Waals surface area contributed by atoms with Crippen LogP contribution in [0, 0.1) is 0 Å². The number of hydrogen-bond acceptors (Lipinski definition) is 5. The fraction of sp³-hybridized carbons (Fsp3) is 0.429. The van der Waals surface area contributed by atoms with Crippen molar-refractivity contribution in [3.8, 4) is 11.3 Å². The number of aromatic nitrogens is 4. The van der Waals surface area contributed by atoms with E-state index in [1.165, 1.54) is 0 Å². The highest BCUT2D eigenvalue weighted by atomic mass is 15.5. The molecule has 20 heavy (non-hydrogen) atoms. The zero-order valence-corrected chi connectivity index (χ0v) is 12.4. The molecule has 0 spiro atoms. The quantitative estimate of drug-likeness (QED) is 0.619. The minimum atomic E-state index is 0.304. The smallest absolute Gasteiger partial charge is 0.170 e. The normalized spacial score (nSPS) is 12.2. The number of hydrogen-bond donors (Lipinski definition) is 0. The van der Waals surface area contributed by atoms with Crippen LogP contribution in [0.1, 0.15) is 31.9 Å². The van der Waals surface area contributed by atoms with E-state index in [1.807, 2.05) is 20.3 Å². The first-order valence-corrected chi connectivity index (χ1v) is 6.63. The van der Waals surface area contributed by atoms with Gasteiger partial charge in [-0.15, -0.1) is 0 Å². The summed E-state index contributed by atoms with van der Waals surface area (Å²) in [6, 6.07) is 0. The third-order valence-electron chi connectivity index (χ3n) is 3.38. The molecule has 0 bridgehead atoms. The van der Waals surface area contributed by atoms with Crippen LogP contribution in [0.2, 0.25) is 0 Å². The van der Waals surface area contributed by atoms with Gasteiger partial charge >= 0.3 is 0 Å². The van der Waals surface area contributed by atoms with E-state index in [0.717, 1.165) is 29.2 Å². The minimum Gasteiger partial charge on any atom is -0.275 e. The molecular weight excluding hydrogens is 252 g/mol. The van der Waals surface area contributed by atoms with Crippen LogP contribution in [0.4, 0.5) is 5.82 Å². The summed E-state index contributed by atoms with van der Waals surface area (Å²) in [7, 11) is 3.71. The molecule has 1 unspecified atom stereocenters. The summed E-state index contributed by atoms with van der Waals surface area (Å²) in [5.74, 6) is 1.06. The summed E-state index contributed by atoms with van der Waals surface area (Å²) in [6.07, 6.45) is 6.46. The molecule has 0 aliphatic rings. The zero-order valence-electron chi connectivity index (χ0n) is 12.4. The van der Waals surface area contributed by atoms with E-state index in [0.29, 0.717) is 5.92 Å². The van der Waals surface area contributed by atoms with Crippen LogP contribution in [0.3, 0.4) is 0 Å². The average Bonchev–Trinajstić information content (AvgIpc) is 2.91. The predicted molar refractivity (Wildman–Crippen MR) is 80.9 cm³/mol. The first-order valence-electron chi connectivity index (χ1n) is 6.63. The minimum absolute atomic E-state index is 0.304. The number of nitrogens with zero attached hydrogens (tertiary/aromatic N) is 6. The molecule has 0 saturated heterocycles. The summed E-state index contributed by atoms with van der Waals surface area (Å²) in [5.41, 5.74) is 2.73. The highest BCUT2D eigenvalue weighted by Gasteiger charge is 2.17. The van der Waals surface area contributed by atoms with Gasteiger partial charge in [-0.1, -0.05) is 13.8 Å². The molecular formula is C14H20N6. The van der Waals surface area contributed by atoms with Crippen molar-refractivity contribution in [2.45, 2.75) is 26.2 Å². The fourth-order valence-corrected chi connectivity index (χ4v) is 1.93. The third-order valence-corrected chi connectivity index (χ3v) is 3.38. The van der Waals surface area contributed by atoms with Crippen molar-refractivity contribution in [1.29, 1.82) is 0 Å². The van der Waals surface area contributed by atoms with Crippen molar-refractivity contribution in [1.82, 2.24) is 19.7 Å². The van der Waals surface area contributed by atoms with Crippen LogP contribution in [0.25, 0.3) is 11.3 Å². The van der Waals surface area contributed by atoms with Crippen LogP contribution in [0.5, 0.6) is 0 Å². The largest absolute Gasteiger partial charge is 0.275 e. The van der Waals surface area contributed by atoms with Crippen molar-refractivity contribution in [3.05, 3.63) is 24.3 Å². The van der Waals surface area contributed by atoms with Crippen molar-refractivity contribution < 1.29 is 0 Å². The summed E-state index contributed by atoms with van der Waals surface area (Å²) < 4.78 is 1.76. The van der Waals surface area contributed by atoms with Gasteiger partial charge in [0.15, 0.2) is 5.82 Å². The highest BCUT2D eigenvalue weighted by molar-refractivity contribution is 5.59. The van der Waals surface area contributed by atoms with Gasteiger partial charge in [-0.05, 0) is 6.42 Å². The molecule has 0 amide bonds. The van der Waals surface area contributed by atoms with Gasteiger partial charge in [-0.2, -0.15) is 10.2 Å². The Labute approximate surface area is 119 Å². The lowest BCUT2D eigenvalue weighted by molar-refractivity contribution is 0.698. The van der Waals surface area contributed by atoms with Crippen LogP contribution in [-0.4, -0.2) is 33.5 Å². The second-order valence-corrected chi connectivity index (χ2v) is 4.84. The number of anilines is 1. The molecule has 0 saturated carbocycles. The Morgan fingerprint density at radius 3 is 2.75 bits per heavy atom. The fourth-order valence-electron chi connectivity index (χ4n) is 1.93. The summed E-state index contributed by atoms with van der Waals surface area (Å²) in [5, 5.41) is 9.73. The van der Waals surface area contributed by atoms with Crippen LogP contribution >= 0.6 is 0 Å². The van der Waals surface area contributed by atoms with Crippen LogP contribution in [-0.2, 0) is 7.05 Å². The van der Waals surface area contributed by atoms with Gasteiger partial charge in [0.05, 0.1) is 23.8 Å². The third kappa shape index (κ3) is 2.68. The van der Waals surface area contributed by atoms with Crippen molar-refractivity contribution in [2.75, 3.05) is 12.1 Å². The lowest BCUT2D eigenvalue weighted by atomic mass is 10.0. The van der Waals surface area contributed by atoms with Crippen LogP contribution < -0.4 is 5.01 Å². The Kier molecular flexibility index (Phi) is 4.12. The summed E-state index contributed by atoms with van der Waals surface area (Å²) >= 11 is 0. The number of hydrazone groups is 1. The van der Waals surface area contributed by atoms with Gasteiger partial charge in [-0.25, -0.2) is 9.97 Å². The Hall–Kier alpha value is -2.24. The van der Waals surface area contributed by atoms with Gasteiger partial charge in [0.1, 0.15) is 0 Å². The Morgan fingerprint density at radius 2 is 2.20 bits per heavy atom. The lowest BCUT2D eigenvalue weighted by Gasteiger charge is -2.18. The molecule has 6 nitrogen and oxygen atoms in total. The van der Waals surface area contributed by atoms with E-state index < -0.39 is 0 Å².